The van der Waals surface area contributed by atoms with E-state index in [2.05, 4.69) is 232 Å². The van der Waals surface area contributed by atoms with Crippen molar-refractivity contribution < 1.29 is 0 Å². The molecule has 4 heteroatoms. The first-order valence-electron chi connectivity index (χ1n) is 26.5. The van der Waals surface area contributed by atoms with E-state index < -0.39 is 0 Å². The molecule has 350 valence electrons. The Morgan fingerprint density at radius 1 is 0.457 bits per heavy atom. The van der Waals surface area contributed by atoms with E-state index in [9.17, 15) is 0 Å². The van der Waals surface area contributed by atoms with Gasteiger partial charge < -0.3 is 14.4 Å². The summed E-state index contributed by atoms with van der Waals surface area (Å²) in [5.41, 5.74) is 25.9. The maximum Gasteiger partial charge on any atom is 0.252 e. The lowest BCUT2D eigenvalue weighted by molar-refractivity contribution is 0.244. The molecule has 0 bridgehead atoms. The molecule has 14 rings (SSSR count). The van der Waals surface area contributed by atoms with E-state index in [4.69, 9.17) is 0 Å². The molecule has 0 amide bonds. The predicted molar refractivity (Wildman–Crippen MR) is 298 cm³/mol. The number of rotatable bonds is 1. The van der Waals surface area contributed by atoms with Crippen molar-refractivity contribution >= 4 is 67.7 Å². The Morgan fingerprint density at radius 3 is 1.67 bits per heavy atom. The van der Waals surface area contributed by atoms with Crippen LogP contribution < -0.4 is 26.2 Å². The Bertz CT molecular complexity index is 3660. The van der Waals surface area contributed by atoms with E-state index in [1.54, 1.807) is 0 Å². The van der Waals surface area contributed by atoms with Gasteiger partial charge in [-0.15, -0.1) is 0 Å². The lowest BCUT2D eigenvalue weighted by atomic mass is 9.33. The first kappa shape index (κ1) is 42.8. The average Bonchev–Trinajstić information content (AvgIpc) is 3.85. The summed E-state index contributed by atoms with van der Waals surface area (Å²) in [5, 5.41) is 2.73. The molecule has 4 aliphatic heterocycles. The topological polar surface area (TPSA) is 11.4 Å². The molecule has 0 saturated carbocycles. The largest absolute Gasteiger partial charge is 0.331 e. The monoisotopic (exact) mass is 914 g/mol. The molecular formula is C66H68BN3. The molecule has 6 aliphatic rings. The molecule has 3 nitrogen and oxygen atoms in total. The lowest BCUT2D eigenvalue weighted by Crippen LogP contribution is -2.63. The van der Waals surface area contributed by atoms with Crippen LogP contribution in [0.25, 0.3) is 27.5 Å². The van der Waals surface area contributed by atoms with Gasteiger partial charge in [-0.05, 0) is 159 Å². The van der Waals surface area contributed by atoms with E-state index in [0.717, 1.165) is 25.7 Å². The minimum Gasteiger partial charge on any atom is -0.331 e. The molecule has 1 aromatic heterocycles. The van der Waals surface area contributed by atoms with Crippen molar-refractivity contribution in [3.8, 4) is 5.69 Å². The number of fused-ring (bicyclic) bond motifs is 17. The maximum absolute atomic E-state index is 2.91. The fourth-order valence-corrected chi connectivity index (χ4v) is 15.6. The summed E-state index contributed by atoms with van der Waals surface area (Å²) in [6.07, 6.45) is 4.36. The fraction of sp³-hybridized carbons (Fsp3) is 0.364. The third-order valence-electron chi connectivity index (χ3n) is 19.9. The summed E-state index contributed by atoms with van der Waals surface area (Å²) in [4.78, 5) is 5.74. The van der Waals surface area contributed by atoms with Gasteiger partial charge >= 0.3 is 0 Å². The van der Waals surface area contributed by atoms with Crippen LogP contribution in [0.4, 0.5) is 22.7 Å². The summed E-state index contributed by atoms with van der Waals surface area (Å²) in [6, 6.07) is 51.8. The third-order valence-corrected chi connectivity index (χ3v) is 19.9. The van der Waals surface area contributed by atoms with Crippen LogP contribution in [0.5, 0.6) is 0 Å². The van der Waals surface area contributed by atoms with E-state index in [1.807, 2.05) is 0 Å². The smallest absolute Gasteiger partial charge is 0.252 e. The molecule has 5 heterocycles. The summed E-state index contributed by atoms with van der Waals surface area (Å²) >= 11 is 0. The molecule has 4 atom stereocenters. The van der Waals surface area contributed by atoms with Crippen LogP contribution in [-0.4, -0.2) is 11.3 Å². The zero-order chi connectivity index (χ0) is 48.6. The molecule has 2 aliphatic carbocycles. The number of para-hydroxylation sites is 1. The summed E-state index contributed by atoms with van der Waals surface area (Å²) in [5.74, 6) is 0. The maximum atomic E-state index is 2.91. The highest BCUT2D eigenvalue weighted by Crippen LogP contribution is 2.67. The average molecular weight is 914 g/mol. The molecule has 7 aromatic carbocycles. The van der Waals surface area contributed by atoms with Gasteiger partial charge in [0.15, 0.2) is 0 Å². The molecular weight excluding hydrogens is 846 g/mol. The highest BCUT2D eigenvalue weighted by Gasteiger charge is 2.64. The van der Waals surface area contributed by atoms with Crippen LogP contribution in [0.15, 0.2) is 127 Å². The van der Waals surface area contributed by atoms with Crippen molar-refractivity contribution in [2.75, 3.05) is 9.80 Å². The zero-order valence-corrected chi connectivity index (χ0v) is 43.9. The van der Waals surface area contributed by atoms with Crippen molar-refractivity contribution in [1.82, 2.24) is 4.57 Å². The van der Waals surface area contributed by atoms with Gasteiger partial charge in [-0.3, -0.25) is 0 Å². The van der Waals surface area contributed by atoms with Crippen molar-refractivity contribution in [3.05, 3.63) is 177 Å². The zero-order valence-electron chi connectivity index (χ0n) is 43.9. The molecule has 0 saturated heterocycles. The van der Waals surface area contributed by atoms with Crippen LogP contribution in [0.2, 0.25) is 0 Å². The van der Waals surface area contributed by atoms with Gasteiger partial charge in [0.1, 0.15) is 0 Å². The van der Waals surface area contributed by atoms with Gasteiger partial charge in [-0.25, -0.2) is 0 Å². The van der Waals surface area contributed by atoms with Crippen molar-refractivity contribution in [2.45, 2.75) is 154 Å². The van der Waals surface area contributed by atoms with E-state index in [-0.39, 0.29) is 44.9 Å². The quantitative estimate of drug-likeness (QED) is 0.152. The summed E-state index contributed by atoms with van der Waals surface area (Å²) < 4.78 is 2.73. The third kappa shape index (κ3) is 4.95. The van der Waals surface area contributed by atoms with Gasteiger partial charge in [-0.2, -0.15) is 0 Å². The predicted octanol–water partition coefficient (Wildman–Crippen LogP) is 14.4. The van der Waals surface area contributed by atoms with Crippen LogP contribution >= 0.6 is 0 Å². The number of benzene rings is 7. The Labute approximate surface area is 417 Å². The van der Waals surface area contributed by atoms with E-state index in [1.165, 1.54) is 117 Å². The number of hydrogen-bond donors (Lipinski definition) is 0. The van der Waals surface area contributed by atoms with Gasteiger partial charge in [0.25, 0.3) is 6.71 Å². The Hall–Kier alpha value is -6.00. The van der Waals surface area contributed by atoms with Crippen molar-refractivity contribution in [1.29, 1.82) is 0 Å². The number of aromatic nitrogens is 1. The molecule has 0 N–H and O–H groups in total. The number of anilines is 4. The van der Waals surface area contributed by atoms with Crippen LogP contribution in [0, 0.1) is 0 Å². The second-order valence-corrected chi connectivity index (χ2v) is 26.4. The van der Waals surface area contributed by atoms with Crippen molar-refractivity contribution in [3.63, 3.8) is 0 Å². The molecule has 8 aromatic rings. The highest BCUT2D eigenvalue weighted by atomic mass is 15.3. The SMILES string of the molecule is CC(C)(C)c1ccc2c(c1)C1(C)CCc3ccccc3C1(C)N2c1cc2c3c(c1)-n1c4ccc(C(C)(C)C)cc4c4cc(C(C)(C)C)cc(c41)B3c1cccc3c1N2C1(C)c2ccccc2CCC31C. The van der Waals surface area contributed by atoms with Crippen LogP contribution in [0.1, 0.15) is 153 Å². The number of aryl methyl sites for hydroxylation is 2. The lowest BCUT2D eigenvalue weighted by Gasteiger charge is -2.54. The molecule has 0 radical (unpaired) electrons. The van der Waals surface area contributed by atoms with Gasteiger partial charge in [0.05, 0.1) is 16.6 Å². The van der Waals surface area contributed by atoms with Gasteiger partial charge in [0.2, 0.25) is 0 Å². The Kier molecular flexibility index (Phi) is 8.02. The van der Waals surface area contributed by atoms with Crippen LogP contribution in [-0.2, 0) is 51.0 Å². The number of nitrogens with zero attached hydrogens (tertiary/aromatic N) is 3. The number of hydrogen-bond acceptors (Lipinski definition) is 2. The summed E-state index contributed by atoms with van der Waals surface area (Å²) in [6.45, 7) is 31.9. The minimum atomic E-state index is -0.358. The fourth-order valence-electron chi connectivity index (χ4n) is 15.6. The van der Waals surface area contributed by atoms with E-state index in [0.29, 0.717) is 0 Å². The second kappa shape index (κ2) is 13.1. The normalized spacial score (nSPS) is 24.6. The standard InChI is InChI=1S/C66H68BN3/c1-60(2,3)41-25-27-53-45(33-41)46-34-43(62(7,8)9)36-52-58(46)68(53)55-37-44(69-54-28-26-42(61(4,5)6)35-50(54)64(11)32-30-39-19-14-16-21-47(39)65(64,69)12)38-56-57(55)67(52)51-24-18-23-49-59(51)70(56)66(13)48-22-17-15-20-40(48)29-31-63(49,66)10/h14-28,33-38H,29-32H2,1-13H3. The Morgan fingerprint density at radius 2 is 1.01 bits per heavy atom. The second-order valence-electron chi connectivity index (χ2n) is 26.4. The Balaban J connectivity index is 1.17. The molecule has 0 fully saturated rings. The first-order chi connectivity index (χ1) is 33.1. The molecule has 0 spiro atoms. The first-order valence-corrected chi connectivity index (χ1v) is 26.5. The van der Waals surface area contributed by atoms with Gasteiger partial charge in [-0.1, -0.05) is 167 Å². The minimum absolute atomic E-state index is 0.0105. The summed E-state index contributed by atoms with van der Waals surface area (Å²) in [7, 11) is 0. The highest BCUT2D eigenvalue weighted by molar-refractivity contribution is 7.00. The van der Waals surface area contributed by atoms with Crippen molar-refractivity contribution in [2.24, 2.45) is 0 Å². The van der Waals surface area contributed by atoms with Gasteiger partial charge in [0, 0.05) is 55.6 Å². The van der Waals surface area contributed by atoms with Crippen LogP contribution in [0.3, 0.4) is 0 Å². The molecule has 70 heavy (non-hydrogen) atoms. The molecule has 4 unspecified atom stereocenters. The van der Waals surface area contributed by atoms with E-state index >= 15 is 0 Å².